The lowest BCUT2D eigenvalue weighted by molar-refractivity contribution is -0.286. The first-order chi connectivity index (χ1) is 7.57. The lowest BCUT2D eigenvalue weighted by Crippen LogP contribution is -2.58. The largest absolute Gasteiger partial charge is 0.466 e. The summed E-state index contributed by atoms with van der Waals surface area (Å²) >= 11 is 0. The first-order valence-electron chi connectivity index (χ1n) is 4.34. The lowest BCUT2D eigenvalue weighted by Gasteiger charge is -2.37. The summed E-state index contributed by atoms with van der Waals surface area (Å²) in [4.78, 5) is 21.6. The second-order valence-electron chi connectivity index (χ2n) is 3.23. The predicted molar refractivity (Wildman–Crippen MR) is 50.2 cm³/mol. The fourth-order valence-electron chi connectivity index (χ4n) is 1.08. The van der Waals surface area contributed by atoms with Crippen molar-refractivity contribution in [2.24, 2.45) is 0 Å². The molecule has 0 bridgehead atoms. The number of aliphatic hydroxyl groups excluding tert-OH is 5. The van der Waals surface area contributed by atoms with E-state index in [2.05, 4.69) is 4.74 Å². The smallest absolute Gasteiger partial charge is 0.394 e. The van der Waals surface area contributed by atoms with Crippen LogP contribution in [0.5, 0.6) is 0 Å². The van der Waals surface area contributed by atoms with E-state index >= 15 is 0 Å². The minimum absolute atomic E-state index is 0.526. The van der Waals surface area contributed by atoms with Crippen molar-refractivity contribution >= 4 is 7.82 Å². The van der Waals surface area contributed by atoms with Crippen molar-refractivity contribution in [1.82, 2.24) is 0 Å². The van der Waals surface area contributed by atoms with Crippen molar-refractivity contribution in [1.29, 1.82) is 0 Å². The Morgan fingerprint density at radius 1 is 0.941 bits per heavy atom. The summed E-state index contributed by atoms with van der Waals surface area (Å²) in [5.41, 5.74) is 0. The molecule has 17 heavy (non-hydrogen) atoms. The molecule has 104 valence electrons. The van der Waals surface area contributed by atoms with Gasteiger partial charge in [0.05, 0.1) is 6.61 Å². The van der Waals surface area contributed by atoms with Crippen LogP contribution in [0.2, 0.25) is 0 Å². The molecule has 1 saturated heterocycles. The van der Waals surface area contributed by atoms with Crippen LogP contribution in [0, 0.1) is 0 Å². The highest BCUT2D eigenvalue weighted by Crippen LogP contribution is 2.25. The Hall–Kier alpha value is -0.130. The maximum absolute atomic E-state index is 9.12. The highest BCUT2D eigenvalue weighted by Gasteiger charge is 2.42. The van der Waals surface area contributed by atoms with Crippen molar-refractivity contribution in [3.05, 3.63) is 0 Å². The molecule has 1 rings (SSSR count). The number of aliphatic hydroxyl groups is 5. The number of ether oxygens (including phenoxy) is 1. The summed E-state index contributed by atoms with van der Waals surface area (Å²) in [6, 6.07) is 0. The number of hydrogen-bond donors (Lipinski definition) is 8. The third kappa shape index (κ3) is 6.38. The van der Waals surface area contributed by atoms with Gasteiger partial charge in [0.15, 0.2) is 6.29 Å². The van der Waals surface area contributed by atoms with E-state index in [-0.39, 0.29) is 0 Å². The van der Waals surface area contributed by atoms with Crippen LogP contribution in [0.15, 0.2) is 0 Å². The summed E-state index contributed by atoms with van der Waals surface area (Å²) in [7, 11) is -4.64. The van der Waals surface area contributed by atoms with Gasteiger partial charge in [-0.15, -0.1) is 0 Å². The molecule has 1 heterocycles. The third-order valence-electron chi connectivity index (χ3n) is 1.87. The van der Waals surface area contributed by atoms with Crippen LogP contribution in [0.3, 0.4) is 0 Å². The number of phosphoric acid groups is 1. The normalized spacial score (nSPS) is 38.2. The van der Waals surface area contributed by atoms with E-state index in [0.717, 1.165) is 0 Å². The lowest BCUT2D eigenvalue weighted by atomic mass is 10.00. The minimum atomic E-state index is -4.64. The van der Waals surface area contributed by atoms with Crippen LogP contribution >= 0.6 is 7.82 Å². The highest BCUT2D eigenvalue weighted by atomic mass is 31.2. The Kier molecular flexibility index (Phi) is 6.66. The van der Waals surface area contributed by atoms with Crippen molar-refractivity contribution in [3.63, 3.8) is 0 Å². The van der Waals surface area contributed by atoms with E-state index in [1.54, 1.807) is 0 Å². The van der Waals surface area contributed by atoms with Crippen molar-refractivity contribution in [3.8, 4) is 0 Å². The Balaban J connectivity index is 0.000000437. The molecular weight excluding hydrogens is 263 g/mol. The number of rotatable bonds is 1. The van der Waals surface area contributed by atoms with Crippen LogP contribution in [-0.2, 0) is 9.30 Å². The van der Waals surface area contributed by atoms with E-state index in [9.17, 15) is 0 Å². The molecule has 1 aliphatic heterocycles. The van der Waals surface area contributed by atoms with Crippen molar-refractivity contribution in [2.75, 3.05) is 6.61 Å². The molecule has 0 saturated carbocycles. The zero-order valence-electron chi connectivity index (χ0n) is 8.44. The molecule has 0 spiro atoms. The summed E-state index contributed by atoms with van der Waals surface area (Å²) in [6.45, 7) is -0.526. The fourth-order valence-corrected chi connectivity index (χ4v) is 1.08. The SMILES string of the molecule is O=P(O)(O)O.OC[C@H]1OC(O)[C@H](O)[C@@H](O)[C@@H]1O. The molecule has 1 aliphatic rings. The molecule has 11 heteroatoms. The Morgan fingerprint density at radius 3 is 1.71 bits per heavy atom. The molecule has 0 aromatic carbocycles. The zero-order chi connectivity index (χ0) is 13.8. The van der Waals surface area contributed by atoms with Gasteiger partial charge >= 0.3 is 7.82 Å². The van der Waals surface area contributed by atoms with E-state index < -0.39 is 45.1 Å². The maximum atomic E-state index is 9.12. The monoisotopic (exact) mass is 278 g/mol. The van der Waals surface area contributed by atoms with Gasteiger partial charge in [-0.05, 0) is 0 Å². The van der Waals surface area contributed by atoms with Gasteiger partial charge in [0.2, 0.25) is 0 Å². The molecular formula is C6H15O10P. The van der Waals surface area contributed by atoms with Crippen molar-refractivity contribution in [2.45, 2.75) is 30.7 Å². The highest BCUT2D eigenvalue weighted by molar-refractivity contribution is 7.45. The van der Waals surface area contributed by atoms with Crippen LogP contribution < -0.4 is 0 Å². The quantitative estimate of drug-likeness (QED) is 0.218. The average molecular weight is 278 g/mol. The molecule has 1 fully saturated rings. The van der Waals surface area contributed by atoms with Crippen LogP contribution in [-0.4, -0.2) is 77.5 Å². The minimum Gasteiger partial charge on any atom is -0.394 e. The summed E-state index contributed by atoms with van der Waals surface area (Å²) in [5.74, 6) is 0. The average Bonchev–Trinajstić information content (AvgIpc) is 2.18. The number of hydrogen-bond acceptors (Lipinski definition) is 7. The molecule has 0 aromatic heterocycles. The second-order valence-corrected chi connectivity index (χ2v) is 4.26. The summed E-state index contributed by atoms with van der Waals surface area (Å²) in [6.07, 6.45) is -7.04. The van der Waals surface area contributed by atoms with E-state index in [0.29, 0.717) is 0 Å². The molecule has 5 atom stereocenters. The van der Waals surface area contributed by atoms with Gasteiger partial charge in [-0.3, -0.25) is 0 Å². The molecule has 10 nitrogen and oxygen atoms in total. The Bertz CT molecular complexity index is 253. The van der Waals surface area contributed by atoms with Gasteiger partial charge in [0.1, 0.15) is 24.4 Å². The van der Waals surface area contributed by atoms with E-state index in [4.69, 9.17) is 44.8 Å². The van der Waals surface area contributed by atoms with Gasteiger partial charge in [-0.1, -0.05) is 0 Å². The van der Waals surface area contributed by atoms with Gasteiger partial charge < -0.3 is 44.9 Å². The Morgan fingerprint density at radius 2 is 1.35 bits per heavy atom. The standard InChI is InChI=1S/C6H12O6.H3O4P/c7-1-2-3(8)4(9)5(10)6(11)12-2;1-5(2,3)4/h2-11H,1H2;(H3,1,2,3,4)/t2-,3-,4+,5-,6?;/m1./s1. The van der Waals surface area contributed by atoms with Crippen LogP contribution in [0.1, 0.15) is 0 Å². The van der Waals surface area contributed by atoms with Gasteiger partial charge in [-0.25, -0.2) is 4.57 Å². The molecule has 0 aromatic rings. The first-order valence-corrected chi connectivity index (χ1v) is 5.91. The van der Waals surface area contributed by atoms with E-state index in [1.165, 1.54) is 0 Å². The second kappa shape index (κ2) is 6.71. The van der Waals surface area contributed by atoms with E-state index in [1.807, 2.05) is 0 Å². The van der Waals surface area contributed by atoms with Gasteiger partial charge in [-0.2, -0.15) is 0 Å². The fraction of sp³-hybridized carbons (Fsp3) is 1.00. The molecule has 8 N–H and O–H groups in total. The maximum Gasteiger partial charge on any atom is 0.466 e. The van der Waals surface area contributed by atoms with Gasteiger partial charge in [0, 0.05) is 0 Å². The Labute approximate surface area is 95.6 Å². The topological polar surface area (TPSA) is 188 Å². The van der Waals surface area contributed by atoms with Crippen LogP contribution in [0.4, 0.5) is 0 Å². The zero-order valence-corrected chi connectivity index (χ0v) is 9.33. The third-order valence-corrected chi connectivity index (χ3v) is 1.87. The predicted octanol–water partition coefficient (Wildman–Crippen LogP) is -4.15. The van der Waals surface area contributed by atoms with Crippen molar-refractivity contribution < 1.29 is 49.5 Å². The molecule has 0 radical (unpaired) electrons. The summed E-state index contributed by atoms with van der Waals surface area (Å²) in [5, 5.41) is 44.7. The first kappa shape index (κ1) is 16.9. The molecule has 1 unspecified atom stereocenters. The van der Waals surface area contributed by atoms with Gasteiger partial charge in [0.25, 0.3) is 0 Å². The summed E-state index contributed by atoms with van der Waals surface area (Å²) < 4.78 is 13.5. The van der Waals surface area contributed by atoms with Crippen LogP contribution in [0.25, 0.3) is 0 Å². The molecule has 0 aliphatic carbocycles. The molecule has 0 amide bonds.